The van der Waals surface area contributed by atoms with Crippen LogP contribution in [0.2, 0.25) is 0 Å². The molecule has 6 heteroatoms. The van der Waals surface area contributed by atoms with E-state index in [1.54, 1.807) is 12.1 Å². The topological polar surface area (TPSA) is 92.5 Å². The second-order valence-corrected chi connectivity index (χ2v) is 2.56. The second-order valence-electron chi connectivity index (χ2n) is 2.56. The van der Waals surface area contributed by atoms with Crippen molar-refractivity contribution in [1.82, 2.24) is 0 Å². The molecule has 1 rings (SSSR count). The van der Waals surface area contributed by atoms with Crippen molar-refractivity contribution in [3.8, 4) is 5.75 Å². The van der Waals surface area contributed by atoms with Gasteiger partial charge in [0.2, 0.25) is 0 Å². The van der Waals surface area contributed by atoms with Gasteiger partial charge in [0.25, 0.3) is 12.5 Å². The van der Waals surface area contributed by atoms with Gasteiger partial charge < -0.3 is 10.4 Å². The number of benzene rings is 1. The molecule has 0 aromatic heterocycles. The molecule has 14 heavy (non-hydrogen) atoms. The SMILES string of the molecule is O=C(C[N+](=O)[O-])Nc1ccccc1O. The Labute approximate surface area is 79.3 Å². The molecule has 1 aromatic rings. The summed E-state index contributed by atoms with van der Waals surface area (Å²) in [5, 5.41) is 21.4. The van der Waals surface area contributed by atoms with Gasteiger partial charge in [0.1, 0.15) is 5.75 Å². The van der Waals surface area contributed by atoms with E-state index in [1.165, 1.54) is 12.1 Å². The quantitative estimate of drug-likeness (QED) is 0.420. The Kier molecular flexibility index (Phi) is 3.01. The zero-order valence-electron chi connectivity index (χ0n) is 7.14. The Balaban J connectivity index is 2.65. The number of carbonyl (C=O) groups is 1. The summed E-state index contributed by atoms with van der Waals surface area (Å²) in [5.74, 6) is -0.888. The number of nitro groups is 1. The molecule has 0 atom stereocenters. The summed E-state index contributed by atoms with van der Waals surface area (Å²) in [6.45, 7) is -0.811. The third kappa shape index (κ3) is 2.74. The van der Waals surface area contributed by atoms with Crippen LogP contribution in [0.4, 0.5) is 5.69 Å². The number of phenolic OH excluding ortho intramolecular Hbond substituents is 1. The number of carbonyl (C=O) groups excluding carboxylic acids is 1. The van der Waals surface area contributed by atoms with Gasteiger partial charge in [0.15, 0.2) is 0 Å². The van der Waals surface area contributed by atoms with Crippen LogP contribution in [-0.4, -0.2) is 22.5 Å². The minimum atomic E-state index is -0.811. The first-order chi connectivity index (χ1) is 6.59. The molecular weight excluding hydrogens is 188 g/mol. The van der Waals surface area contributed by atoms with Gasteiger partial charge in [0, 0.05) is 4.92 Å². The van der Waals surface area contributed by atoms with E-state index >= 15 is 0 Å². The van der Waals surface area contributed by atoms with Crippen molar-refractivity contribution in [3.63, 3.8) is 0 Å². The van der Waals surface area contributed by atoms with Crippen molar-refractivity contribution >= 4 is 11.6 Å². The molecule has 0 aliphatic carbocycles. The van der Waals surface area contributed by atoms with Crippen LogP contribution in [-0.2, 0) is 4.79 Å². The van der Waals surface area contributed by atoms with Gasteiger partial charge in [0.05, 0.1) is 5.69 Å². The molecule has 6 nitrogen and oxygen atoms in total. The average molecular weight is 196 g/mol. The molecule has 0 heterocycles. The zero-order chi connectivity index (χ0) is 10.6. The van der Waals surface area contributed by atoms with Crippen LogP contribution in [0.5, 0.6) is 5.75 Å². The van der Waals surface area contributed by atoms with Gasteiger partial charge in [-0.25, -0.2) is 0 Å². The van der Waals surface area contributed by atoms with Crippen molar-refractivity contribution < 1.29 is 14.8 Å². The zero-order valence-corrected chi connectivity index (χ0v) is 7.14. The summed E-state index contributed by atoms with van der Waals surface area (Å²) in [6.07, 6.45) is 0. The van der Waals surface area contributed by atoms with Crippen LogP contribution < -0.4 is 5.32 Å². The molecule has 0 fully saturated rings. The maximum Gasteiger partial charge on any atom is 0.296 e. The van der Waals surface area contributed by atoms with Crippen molar-refractivity contribution in [3.05, 3.63) is 34.4 Å². The third-order valence-electron chi connectivity index (χ3n) is 1.45. The number of nitrogens with zero attached hydrogens (tertiary/aromatic N) is 1. The van der Waals surface area contributed by atoms with Crippen LogP contribution in [0, 0.1) is 10.1 Å². The highest BCUT2D eigenvalue weighted by atomic mass is 16.6. The van der Waals surface area contributed by atoms with E-state index in [1.807, 2.05) is 0 Å². The highest BCUT2D eigenvalue weighted by Gasteiger charge is 2.10. The van der Waals surface area contributed by atoms with Crippen molar-refractivity contribution in [1.29, 1.82) is 0 Å². The Morgan fingerprint density at radius 3 is 2.71 bits per heavy atom. The summed E-state index contributed by atoms with van der Waals surface area (Å²) in [7, 11) is 0. The number of rotatable bonds is 3. The largest absolute Gasteiger partial charge is 0.506 e. The Bertz CT molecular complexity index is 364. The third-order valence-corrected chi connectivity index (χ3v) is 1.45. The predicted molar refractivity (Wildman–Crippen MR) is 48.6 cm³/mol. The summed E-state index contributed by atoms with van der Waals surface area (Å²) >= 11 is 0. The molecule has 2 N–H and O–H groups in total. The molecule has 74 valence electrons. The first kappa shape index (κ1) is 9.97. The van der Waals surface area contributed by atoms with Crippen LogP contribution in [0.15, 0.2) is 24.3 Å². The Morgan fingerprint density at radius 2 is 2.14 bits per heavy atom. The van der Waals surface area contributed by atoms with Crippen molar-refractivity contribution in [2.24, 2.45) is 0 Å². The van der Waals surface area contributed by atoms with Crippen molar-refractivity contribution in [2.75, 3.05) is 11.9 Å². The van der Waals surface area contributed by atoms with E-state index in [4.69, 9.17) is 0 Å². The van der Waals surface area contributed by atoms with Crippen molar-refractivity contribution in [2.45, 2.75) is 0 Å². The monoisotopic (exact) mass is 196 g/mol. The Hall–Kier alpha value is -2.11. The average Bonchev–Trinajstić information content (AvgIpc) is 2.07. The lowest BCUT2D eigenvalue weighted by atomic mass is 10.3. The normalized spacial score (nSPS) is 9.43. The molecule has 0 saturated carbocycles. The fraction of sp³-hybridized carbons (Fsp3) is 0.125. The highest BCUT2D eigenvalue weighted by molar-refractivity contribution is 5.92. The molecule has 0 radical (unpaired) electrons. The van der Waals surface area contributed by atoms with E-state index in [0.29, 0.717) is 0 Å². The number of phenols is 1. The molecule has 0 aliphatic heterocycles. The number of amides is 1. The van der Waals surface area contributed by atoms with E-state index in [-0.39, 0.29) is 11.4 Å². The lowest BCUT2D eigenvalue weighted by Crippen LogP contribution is -2.21. The van der Waals surface area contributed by atoms with E-state index in [0.717, 1.165) is 0 Å². The Morgan fingerprint density at radius 1 is 1.50 bits per heavy atom. The number of para-hydroxylation sites is 2. The minimum Gasteiger partial charge on any atom is -0.506 e. The van der Waals surface area contributed by atoms with Gasteiger partial charge in [-0.1, -0.05) is 12.1 Å². The highest BCUT2D eigenvalue weighted by Crippen LogP contribution is 2.20. The van der Waals surface area contributed by atoms with E-state index in [9.17, 15) is 20.0 Å². The standard InChI is InChI=1S/C8H8N2O4/c11-7-4-2-1-3-6(7)9-8(12)5-10(13)14/h1-4,11H,5H2,(H,9,12). The molecule has 0 saturated heterocycles. The molecule has 0 aliphatic rings. The van der Waals surface area contributed by atoms with Gasteiger partial charge >= 0.3 is 0 Å². The number of aromatic hydroxyl groups is 1. The predicted octanol–water partition coefficient (Wildman–Crippen LogP) is 0.607. The fourth-order valence-corrected chi connectivity index (χ4v) is 0.886. The molecule has 1 aromatic carbocycles. The number of hydrogen-bond acceptors (Lipinski definition) is 4. The van der Waals surface area contributed by atoms with Crippen LogP contribution in [0.3, 0.4) is 0 Å². The van der Waals surface area contributed by atoms with E-state index in [2.05, 4.69) is 5.32 Å². The second kappa shape index (κ2) is 4.22. The number of nitrogens with one attached hydrogen (secondary N) is 1. The summed E-state index contributed by atoms with van der Waals surface area (Å²) in [4.78, 5) is 20.1. The summed E-state index contributed by atoms with van der Waals surface area (Å²) in [6, 6.07) is 6.01. The molecule has 1 amide bonds. The fourth-order valence-electron chi connectivity index (χ4n) is 0.886. The lowest BCUT2D eigenvalue weighted by molar-refractivity contribution is -0.467. The first-order valence-electron chi connectivity index (χ1n) is 3.79. The molecule has 0 unspecified atom stereocenters. The minimum absolute atomic E-state index is 0.121. The molecular formula is C8H8N2O4. The van der Waals surface area contributed by atoms with Gasteiger partial charge in [-0.15, -0.1) is 0 Å². The maximum atomic E-state index is 10.9. The van der Waals surface area contributed by atoms with Gasteiger partial charge in [-0.3, -0.25) is 14.9 Å². The molecule has 0 bridgehead atoms. The number of anilines is 1. The lowest BCUT2D eigenvalue weighted by Gasteiger charge is -2.03. The van der Waals surface area contributed by atoms with Gasteiger partial charge in [-0.2, -0.15) is 0 Å². The van der Waals surface area contributed by atoms with Crippen LogP contribution in [0.1, 0.15) is 0 Å². The first-order valence-corrected chi connectivity index (χ1v) is 3.79. The summed E-state index contributed by atoms with van der Waals surface area (Å²) in [5.41, 5.74) is 0.166. The smallest absolute Gasteiger partial charge is 0.296 e. The van der Waals surface area contributed by atoms with Crippen LogP contribution in [0.25, 0.3) is 0 Å². The van der Waals surface area contributed by atoms with Crippen LogP contribution >= 0.6 is 0 Å². The van der Waals surface area contributed by atoms with E-state index < -0.39 is 17.4 Å². The molecule has 0 spiro atoms. The summed E-state index contributed by atoms with van der Waals surface area (Å²) < 4.78 is 0. The number of hydrogen-bond donors (Lipinski definition) is 2. The van der Waals surface area contributed by atoms with Gasteiger partial charge in [-0.05, 0) is 12.1 Å². The maximum absolute atomic E-state index is 10.9.